The molecule has 106 valence electrons. The highest BCUT2D eigenvalue weighted by atomic mass is 19.4. The van der Waals surface area contributed by atoms with E-state index in [4.69, 9.17) is 9.47 Å². The normalized spacial score (nSPS) is 11.4. The largest absolute Gasteiger partial charge is 0.439 e. The first-order chi connectivity index (χ1) is 9.49. The number of pyridine rings is 1. The third kappa shape index (κ3) is 3.71. The predicted molar refractivity (Wildman–Crippen MR) is 66.5 cm³/mol. The van der Waals surface area contributed by atoms with Gasteiger partial charge in [0.05, 0.1) is 12.2 Å². The smallest absolute Gasteiger partial charge is 0.417 e. The molecule has 0 unspecified atom stereocenters. The summed E-state index contributed by atoms with van der Waals surface area (Å²) in [5, 5.41) is 0. The number of ether oxygens (including phenoxy) is 2. The fourth-order valence-electron chi connectivity index (χ4n) is 1.55. The number of nitrogens with zero attached hydrogens (tertiary/aromatic N) is 1. The van der Waals surface area contributed by atoms with Gasteiger partial charge >= 0.3 is 6.18 Å². The number of benzene rings is 1. The highest BCUT2D eigenvalue weighted by Crippen LogP contribution is 2.30. The number of methoxy groups -OCH3 is 1. The molecule has 0 bridgehead atoms. The van der Waals surface area contributed by atoms with Crippen molar-refractivity contribution in [1.29, 1.82) is 0 Å². The molecule has 2 rings (SSSR count). The van der Waals surface area contributed by atoms with Gasteiger partial charge in [0.1, 0.15) is 5.75 Å². The molecule has 0 atom stereocenters. The van der Waals surface area contributed by atoms with E-state index >= 15 is 0 Å². The molecule has 6 heteroatoms. The van der Waals surface area contributed by atoms with E-state index in [2.05, 4.69) is 4.98 Å². The van der Waals surface area contributed by atoms with Gasteiger partial charge in [-0.3, -0.25) is 0 Å². The molecule has 0 aliphatic heterocycles. The predicted octanol–water partition coefficient (Wildman–Crippen LogP) is 4.04. The van der Waals surface area contributed by atoms with E-state index < -0.39 is 11.7 Å². The molecule has 0 aliphatic carbocycles. The van der Waals surface area contributed by atoms with Crippen LogP contribution in [-0.4, -0.2) is 12.1 Å². The SMILES string of the molecule is COCc1ccc(Oc2ccc(C(F)(F)F)cn2)cc1. The minimum atomic E-state index is -4.40. The summed E-state index contributed by atoms with van der Waals surface area (Å²) >= 11 is 0. The number of hydrogen-bond acceptors (Lipinski definition) is 3. The molecule has 1 aromatic carbocycles. The van der Waals surface area contributed by atoms with Gasteiger partial charge in [0.15, 0.2) is 0 Å². The Hall–Kier alpha value is -2.08. The van der Waals surface area contributed by atoms with E-state index in [1.54, 1.807) is 19.2 Å². The maximum absolute atomic E-state index is 12.4. The maximum Gasteiger partial charge on any atom is 0.417 e. The second-order valence-corrected chi connectivity index (χ2v) is 4.06. The fraction of sp³-hybridized carbons (Fsp3) is 0.214. The van der Waals surface area contributed by atoms with Gasteiger partial charge in [-0.1, -0.05) is 12.1 Å². The van der Waals surface area contributed by atoms with Gasteiger partial charge in [-0.05, 0) is 23.8 Å². The van der Waals surface area contributed by atoms with Crippen molar-refractivity contribution < 1.29 is 22.6 Å². The van der Waals surface area contributed by atoms with Crippen LogP contribution in [0.5, 0.6) is 11.6 Å². The van der Waals surface area contributed by atoms with Gasteiger partial charge in [-0.2, -0.15) is 13.2 Å². The number of alkyl halides is 3. The zero-order valence-electron chi connectivity index (χ0n) is 10.6. The minimum absolute atomic E-state index is 0.109. The molecule has 0 aliphatic rings. The molecule has 0 spiro atoms. The van der Waals surface area contributed by atoms with Crippen molar-refractivity contribution in [1.82, 2.24) is 4.98 Å². The molecule has 0 N–H and O–H groups in total. The Bertz CT molecular complexity index is 550. The quantitative estimate of drug-likeness (QED) is 0.848. The summed E-state index contributed by atoms with van der Waals surface area (Å²) < 4.78 is 47.4. The Labute approximate surface area is 114 Å². The molecule has 20 heavy (non-hydrogen) atoms. The first-order valence-electron chi connectivity index (χ1n) is 5.78. The molecule has 0 fully saturated rings. The Kier molecular flexibility index (Phi) is 4.24. The van der Waals surface area contributed by atoms with Crippen LogP contribution >= 0.6 is 0 Å². The van der Waals surface area contributed by atoms with Crippen LogP contribution < -0.4 is 4.74 Å². The van der Waals surface area contributed by atoms with Crippen molar-refractivity contribution in [3.8, 4) is 11.6 Å². The number of halogens is 3. The molecule has 2 aromatic rings. The van der Waals surface area contributed by atoms with Crippen LogP contribution in [0.1, 0.15) is 11.1 Å². The standard InChI is InChI=1S/C14H12F3NO2/c1-19-9-10-2-5-12(6-3-10)20-13-7-4-11(8-18-13)14(15,16)17/h2-8H,9H2,1H3. The topological polar surface area (TPSA) is 31.4 Å². The molecule has 0 saturated carbocycles. The van der Waals surface area contributed by atoms with E-state index in [0.29, 0.717) is 12.4 Å². The first kappa shape index (κ1) is 14.3. The second kappa shape index (κ2) is 5.92. The zero-order valence-corrected chi connectivity index (χ0v) is 10.6. The molecule has 1 aromatic heterocycles. The third-order valence-electron chi connectivity index (χ3n) is 2.52. The van der Waals surface area contributed by atoms with Crippen LogP contribution in [0.2, 0.25) is 0 Å². The maximum atomic E-state index is 12.4. The first-order valence-corrected chi connectivity index (χ1v) is 5.78. The van der Waals surface area contributed by atoms with Gasteiger partial charge in [0.2, 0.25) is 5.88 Å². The third-order valence-corrected chi connectivity index (χ3v) is 2.52. The number of aromatic nitrogens is 1. The van der Waals surface area contributed by atoms with Crippen molar-refractivity contribution >= 4 is 0 Å². The van der Waals surface area contributed by atoms with E-state index in [9.17, 15) is 13.2 Å². The lowest BCUT2D eigenvalue weighted by atomic mass is 10.2. The second-order valence-electron chi connectivity index (χ2n) is 4.06. The van der Waals surface area contributed by atoms with Crippen molar-refractivity contribution in [3.63, 3.8) is 0 Å². The van der Waals surface area contributed by atoms with Gasteiger partial charge < -0.3 is 9.47 Å². The molecule has 0 radical (unpaired) electrons. The average molecular weight is 283 g/mol. The molecule has 0 saturated heterocycles. The summed E-state index contributed by atoms with van der Waals surface area (Å²) in [7, 11) is 1.59. The highest BCUT2D eigenvalue weighted by Gasteiger charge is 2.30. The van der Waals surface area contributed by atoms with Crippen molar-refractivity contribution in [2.75, 3.05) is 7.11 Å². The summed E-state index contributed by atoms with van der Waals surface area (Å²) in [6, 6.07) is 9.14. The van der Waals surface area contributed by atoms with E-state index in [0.717, 1.165) is 17.8 Å². The Morgan fingerprint density at radius 2 is 1.75 bits per heavy atom. The highest BCUT2D eigenvalue weighted by molar-refractivity contribution is 5.31. The van der Waals surface area contributed by atoms with Gasteiger partial charge in [-0.25, -0.2) is 4.98 Å². The summed E-state index contributed by atoms with van der Waals surface area (Å²) in [5.74, 6) is 0.606. The van der Waals surface area contributed by atoms with Crippen LogP contribution in [0, 0.1) is 0 Å². The molecule has 1 heterocycles. The number of rotatable bonds is 4. The Morgan fingerprint density at radius 3 is 2.25 bits per heavy atom. The van der Waals surface area contributed by atoms with Gasteiger partial charge in [0.25, 0.3) is 0 Å². The van der Waals surface area contributed by atoms with E-state index in [1.165, 1.54) is 6.07 Å². The molecular weight excluding hydrogens is 271 g/mol. The minimum Gasteiger partial charge on any atom is -0.439 e. The van der Waals surface area contributed by atoms with E-state index in [-0.39, 0.29) is 5.88 Å². The zero-order chi connectivity index (χ0) is 14.6. The van der Waals surface area contributed by atoms with Crippen molar-refractivity contribution in [3.05, 3.63) is 53.7 Å². The van der Waals surface area contributed by atoms with Crippen molar-refractivity contribution in [2.24, 2.45) is 0 Å². The number of hydrogen-bond donors (Lipinski definition) is 0. The summed E-state index contributed by atoms with van der Waals surface area (Å²) in [6.07, 6.45) is -3.65. The Balaban J connectivity index is 2.06. The van der Waals surface area contributed by atoms with Crippen LogP contribution in [0.3, 0.4) is 0 Å². The lowest BCUT2D eigenvalue weighted by Crippen LogP contribution is -2.05. The molecule has 3 nitrogen and oxygen atoms in total. The lowest BCUT2D eigenvalue weighted by Gasteiger charge is -2.08. The lowest BCUT2D eigenvalue weighted by molar-refractivity contribution is -0.137. The van der Waals surface area contributed by atoms with Gasteiger partial charge in [0, 0.05) is 19.4 Å². The van der Waals surface area contributed by atoms with Crippen LogP contribution in [-0.2, 0) is 17.5 Å². The summed E-state index contributed by atoms with van der Waals surface area (Å²) in [6.45, 7) is 0.485. The summed E-state index contributed by atoms with van der Waals surface area (Å²) in [5.41, 5.74) is 0.167. The fourth-order valence-corrected chi connectivity index (χ4v) is 1.55. The molecular formula is C14H12F3NO2. The van der Waals surface area contributed by atoms with Crippen LogP contribution in [0.25, 0.3) is 0 Å². The van der Waals surface area contributed by atoms with Gasteiger partial charge in [-0.15, -0.1) is 0 Å². The van der Waals surface area contributed by atoms with Crippen LogP contribution in [0.15, 0.2) is 42.6 Å². The Morgan fingerprint density at radius 1 is 1.05 bits per heavy atom. The summed E-state index contributed by atoms with van der Waals surface area (Å²) in [4.78, 5) is 3.63. The average Bonchev–Trinajstić information content (AvgIpc) is 2.41. The van der Waals surface area contributed by atoms with Crippen molar-refractivity contribution in [2.45, 2.75) is 12.8 Å². The van der Waals surface area contributed by atoms with E-state index in [1.807, 2.05) is 12.1 Å². The monoisotopic (exact) mass is 283 g/mol. The van der Waals surface area contributed by atoms with Crippen LogP contribution in [0.4, 0.5) is 13.2 Å². The molecule has 0 amide bonds.